The van der Waals surface area contributed by atoms with Crippen molar-refractivity contribution in [2.45, 2.75) is 0 Å². The van der Waals surface area contributed by atoms with Crippen LogP contribution in [0, 0.1) is 0 Å². The van der Waals surface area contributed by atoms with Crippen LogP contribution in [0.3, 0.4) is 0 Å². The molecule has 1 amide bonds. The molecule has 7 heteroatoms. The number of pyridine rings is 1. The molecule has 0 spiro atoms. The maximum atomic E-state index is 12.5. The number of rotatable bonds is 3. The lowest BCUT2D eigenvalue weighted by atomic mass is 10.1. The number of carbonyl (C=O) groups is 1. The molecule has 0 saturated heterocycles. The Bertz CT molecular complexity index is 1290. The monoisotopic (exact) mass is 362 g/mol. The molecule has 0 radical (unpaired) electrons. The molecule has 4 aromatic rings. The highest BCUT2D eigenvalue weighted by molar-refractivity contribution is 6.07. The Morgan fingerprint density at radius 3 is 2.52 bits per heavy atom. The summed E-state index contributed by atoms with van der Waals surface area (Å²) in [5.41, 5.74) is -0.323. The smallest absolute Gasteiger partial charge is 0.349 e. The number of aromatic nitrogens is 1. The first kappa shape index (κ1) is 16.6. The van der Waals surface area contributed by atoms with E-state index in [0.717, 1.165) is 0 Å². The minimum absolute atomic E-state index is 0.133. The van der Waals surface area contributed by atoms with Crippen LogP contribution < -0.4 is 21.2 Å². The fourth-order valence-electron chi connectivity index (χ4n) is 2.85. The Hall–Kier alpha value is -3.87. The normalized spacial score (nSPS) is 10.9. The van der Waals surface area contributed by atoms with Gasteiger partial charge in [0.2, 0.25) is 0 Å². The van der Waals surface area contributed by atoms with E-state index in [-0.39, 0.29) is 16.5 Å². The summed E-state index contributed by atoms with van der Waals surface area (Å²) in [6.45, 7) is 0. The number of H-pyrrole nitrogens is 1. The number of ether oxygens (including phenoxy) is 1. The predicted molar refractivity (Wildman–Crippen MR) is 102 cm³/mol. The third kappa shape index (κ3) is 2.95. The van der Waals surface area contributed by atoms with Crippen molar-refractivity contribution < 1.29 is 13.9 Å². The molecule has 7 nitrogen and oxygen atoms in total. The number of carbonyl (C=O) groups excluding carboxylic acids is 1. The van der Waals surface area contributed by atoms with Gasteiger partial charge in [0.15, 0.2) is 5.58 Å². The van der Waals surface area contributed by atoms with Gasteiger partial charge in [0.05, 0.1) is 18.0 Å². The van der Waals surface area contributed by atoms with Crippen LogP contribution in [0.4, 0.5) is 5.69 Å². The third-order valence-corrected chi connectivity index (χ3v) is 4.21. The Morgan fingerprint density at radius 2 is 1.78 bits per heavy atom. The van der Waals surface area contributed by atoms with Gasteiger partial charge in [-0.3, -0.25) is 9.59 Å². The van der Waals surface area contributed by atoms with E-state index in [9.17, 15) is 14.4 Å². The molecule has 2 N–H and O–H groups in total. The molecule has 0 atom stereocenters. The highest BCUT2D eigenvalue weighted by Gasteiger charge is 2.17. The molecular formula is C20H14N2O5. The van der Waals surface area contributed by atoms with E-state index in [2.05, 4.69) is 10.3 Å². The second kappa shape index (κ2) is 6.45. The number of anilines is 1. The van der Waals surface area contributed by atoms with E-state index in [1.54, 1.807) is 48.5 Å². The maximum Gasteiger partial charge on any atom is 0.349 e. The standard InChI is InChI=1S/C20H14N2O5/c1-26-12-8-6-11(7-9-12)21-19(24)15-10-14-17(27-20(15)25)13-4-2-3-5-16(13)22-18(14)23/h2-10H,1H3,(H,21,24)(H,22,23). The van der Waals surface area contributed by atoms with Crippen LogP contribution in [-0.4, -0.2) is 18.0 Å². The molecule has 2 aromatic heterocycles. The number of methoxy groups -OCH3 is 1. The minimum Gasteiger partial charge on any atom is -0.497 e. The highest BCUT2D eigenvalue weighted by Crippen LogP contribution is 2.21. The first-order valence-corrected chi connectivity index (χ1v) is 8.11. The molecular weight excluding hydrogens is 348 g/mol. The molecule has 2 aromatic carbocycles. The van der Waals surface area contributed by atoms with Gasteiger partial charge in [-0.25, -0.2) is 4.79 Å². The van der Waals surface area contributed by atoms with Crippen molar-refractivity contribution in [2.75, 3.05) is 12.4 Å². The number of amides is 1. The van der Waals surface area contributed by atoms with E-state index in [4.69, 9.17) is 9.15 Å². The zero-order valence-corrected chi connectivity index (χ0v) is 14.2. The molecule has 134 valence electrons. The van der Waals surface area contributed by atoms with Gasteiger partial charge in [-0.05, 0) is 42.5 Å². The summed E-state index contributed by atoms with van der Waals surface area (Å²) in [6.07, 6.45) is 0. The number of aromatic amines is 1. The molecule has 0 aliphatic heterocycles. The van der Waals surface area contributed by atoms with Crippen LogP contribution in [0.15, 0.2) is 68.6 Å². The quantitative estimate of drug-likeness (QED) is 0.546. The zero-order valence-electron chi connectivity index (χ0n) is 14.2. The van der Waals surface area contributed by atoms with Crippen molar-refractivity contribution in [2.24, 2.45) is 0 Å². The molecule has 4 rings (SSSR count). The van der Waals surface area contributed by atoms with Crippen molar-refractivity contribution in [3.8, 4) is 5.75 Å². The lowest BCUT2D eigenvalue weighted by Gasteiger charge is -2.07. The van der Waals surface area contributed by atoms with Gasteiger partial charge in [-0.2, -0.15) is 0 Å². The number of para-hydroxylation sites is 1. The van der Waals surface area contributed by atoms with Gasteiger partial charge in [-0.1, -0.05) is 12.1 Å². The summed E-state index contributed by atoms with van der Waals surface area (Å²) in [7, 11) is 1.54. The summed E-state index contributed by atoms with van der Waals surface area (Å²) in [5.74, 6) is -0.0278. The van der Waals surface area contributed by atoms with E-state index < -0.39 is 17.1 Å². The lowest BCUT2D eigenvalue weighted by molar-refractivity contribution is 0.102. The molecule has 0 unspecified atom stereocenters. The Kier molecular flexibility index (Phi) is 3.97. The molecule has 0 bridgehead atoms. The van der Waals surface area contributed by atoms with Gasteiger partial charge in [0.25, 0.3) is 11.5 Å². The van der Waals surface area contributed by atoms with Gasteiger partial charge in [0, 0.05) is 11.1 Å². The van der Waals surface area contributed by atoms with E-state index in [0.29, 0.717) is 22.3 Å². The van der Waals surface area contributed by atoms with Crippen molar-refractivity contribution in [3.05, 3.63) is 80.9 Å². The summed E-state index contributed by atoms with van der Waals surface area (Å²) >= 11 is 0. The van der Waals surface area contributed by atoms with E-state index in [1.807, 2.05) is 0 Å². The van der Waals surface area contributed by atoms with Gasteiger partial charge >= 0.3 is 5.63 Å². The molecule has 0 saturated carbocycles. The minimum atomic E-state index is -0.815. The maximum absolute atomic E-state index is 12.5. The van der Waals surface area contributed by atoms with Crippen molar-refractivity contribution in [1.29, 1.82) is 0 Å². The number of hydrogen-bond acceptors (Lipinski definition) is 5. The molecule has 0 aliphatic rings. The largest absolute Gasteiger partial charge is 0.497 e. The molecule has 27 heavy (non-hydrogen) atoms. The third-order valence-electron chi connectivity index (χ3n) is 4.21. The number of nitrogens with one attached hydrogen (secondary N) is 2. The molecule has 0 fully saturated rings. The van der Waals surface area contributed by atoms with E-state index in [1.165, 1.54) is 13.2 Å². The SMILES string of the molecule is COc1ccc(NC(=O)c2cc3c(=O)[nH]c4ccccc4c3oc2=O)cc1. The second-order valence-corrected chi connectivity index (χ2v) is 5.87. The fourth-order valence-corrected chi connectivity index (χ4v) is 2.85. The summed E-state index contributed by atoms with van der Waals surface area (Å²) < 4.78 is 10.4. The Balaban J connectivity index is 1.79. The fraction of sp³-hybridized carbons (Fsp3) is 0.0500. The van der Waals surface area contributed by atoms with Gasteiger partial charge in [0.1, 0.15) is 11.3 Å². The first-order valence-electron chi connectivity index (χ1n) is 8.11. The van der Waals surface area contributed by atoms with Crippen LogP contribution in [-0.2, 0) is 0 Å². The van der Waals surface area contributed by atoms with Crippen LogP contribution in [0.2, 0.25) is 0 Å². The zero-order chi connectivity index (χ0) is 19.0. The summed E-state index contributed by atoms with van der Waals surface area (Å²) in [6, 6.07) is 14.9. The van der Waals surface area contributed by atoms with Crippen molar-refractivity contribution in [3.63, 3.8) is 0 Å². The summed E-state index contributed by atoms with van der Waals surface area (Å²) in [5, 5.41) is 3.33. The average molecular weight is 362 g/mol. The Labute approximate surface area is 152 Å². The Morgan fingerprint density at radius 1 is 1.04 bits per heavy atom. The number of hydrogen-bond donors (Lipinski definition) is 2. The van der Waals surface area contributed by atoms with Crippen LogP contribution in [0.5, 0.6) is 5.75 Å². The topological polar surface area (TPSA) is 101 Å². The second-order valence-electron chi connectivity index (χ2n) is 5.87. The average Bonchev–Trinajstić information content (AvgIpc) is 2.68. The van der Waals surface area contributed by atoms with Crippen LogP contribution in [0.25, 0.3) is 21.9 Å². The summed E-state index contributed by atoms with van der Waals surface area (Å²) in [4.78, 5) is 39.9. The highest BCUT2D eigenvalue weighted by atomic mass is 16.5. The first-order chi connectivity index (χ1) is 13.1. The van der Waals surface area contributed by atoms with Crippen molar-refractivity contribution >= 4 is 33.5 Å². The predicted octanol–water partition coefficient (Wildman–Crippen LogP) is 2.90. The van der Waals surface area contributed by atoms with Crippen LogP contribution >= 0.6 is 0 Å². The van der Waals surface area contributed by atoms with E-state index >= 15 is 0 Å². The van der Waals surface area contributed by atoms with Crippen LogP contribution in [0.1, 0.15) is 10.4 Å². The van der Waals surface area contributed by atoms with Gasteiger partial charge < -0.3 is 19.5 Å². The number of benzene rings is 2. The molecule has 0 aliphatic carbocycles. The van der Waals surface area contributed by atoms with Gasteiger partial charge in [-0.15, -0.1) is 0 Å². The number of fused-ring (bicyclic) bond motifs is 3. The molecule has 2 heterocycles. The lowest BCUT2D eigenvalue weighted by Crippen LogP contribution is -2.22. The van der Waals surface area contributed by atoms with Crippen molar-refractivity contribution in [1.82, 2.24) is 4.98 Å².